The minimum absolute atomic E-state index is 0.375. The molecule has 0 atom stereocenters. The highest BCUT2D eigenvalue weighted by Crippen LogP contribution is 2.45. The molecule has 1 aliphatic rings. The molecule has 0 saturated heterocycles. The van der Waals surface area contributed by atoms with E-state index in [1.165, 1.54) is 6.92 Å². The average Bonchev–Trinajstić information content (AvgIpc) is 2.83. The molecule has 2 aromatic carbocycles. The van der Waals surface area contributed by atoms with Gasteiger partial charge in [-0.1, -0.05) is 78.7 Å². The van der Waals surface area contributed by atoms with Gasteiger partial charge < -0.3 is 9.47 Å². The number of rotatable bonds is 8. The Morgan fingerprint density at radius 1 is 0.941 bits per heavy atom. The van der Waals surface area contributed by atoms with Gasteiger partial charge in [0.25, 0.3) is 0 Å². The highest BCUT2D eigenvalue weighted by molar-refractivity contribution is 6.05. The van der Waals surface area contributed by atoms with Gasteiger partial charge in [0.2, 0.25) is 0 Å². The number of halogens is 3. The fourth-order valence-electron chi connectivity index (χ4n) is 4.15. The monoisotopic (exact) mass is 467 g/mol. The molecular formula is C28H28F3NO2. The van der Waals surface area contributed by atoms with Gasteiger partial charge >= 0.3 is 6.18 Å². The minimum atomic E-state index is -4.73. The summed E-state index contributed by atoms with van der Waals surface area (Å²) in [5, 5.41) is 0. The molecule has 0 aliphatic heterocycles. The SMILES string of the molecule is CC#CC(=NC(C1=CC(OCC)(OCC)CC=C1)(c1ccccc1)c1ccccc1)C(F)(F)F. The first-order chi connectivity index (χ1) is 16.3. The molecule has 0 heterocycles. The molecule has 0 fully saturated rings. The Hall–Kier alpha value is -3.14. The zero-order chi connectivity index (χ0) is 24.7. The molecule has 0 amide bonds. The quantitative estimate of drug-likeness (QED) is 0.248. The lowest BCUT2D eigenvalue weighted by molar-refractivity contribution is -0.197. The maximum Gasteiger partial charge on any atom is 0.441 e. The van der Waals surface area contributed by atoms with E-state index in [0.717, 1.165) is 0 Å². The van der Waals surface area contributed by atoms with Gasteiger partial charge in [0.1, 0.15) is 5.54 Å². The molecule has 0 N–H and O–H groups in total. The number of benzene rings is 2. The summed E-state index contributed by atoms with van der Waals surface area (Å²) in [4.78, 5) is 4.41. The smallest absolute Gasteiger partial charge is 0.346 e. The van der Waals surface area contributed by atoms with Gasteiger partial charge in [-0.15, -0.1) is 0 Å². The first kappa shape index (κ1) is 25.5. The van der Waals surface area contributed by atoms with Crippen molar-refractivity contribution in [3.05, 3.63) is 95.6 Å². The highest BCUT2D eigenvalue weighted by atomic mass is 19.4. The summed E-state index contributed by atoms with van der Waals surface area (Å²) in [7, 11) is 0. The maximum absolute atomic E-state index is 14.1. The second-order valence-corrected chi connectivity index (χ2v) is 7.66. The van der Waals surface area contributed by atoms with Crippen LogP contribution in [0.5, 0.6) is 0 Å². The van der Waals surface area contributed by atoms with Crippen LogP contribution in [0.3, 0.4) is 0 Å². The highest BCUT2D eigenvalue weighted by Gasteiger charge is 2.45. The number of hydrogen-bond acceptors (Lipinski definition) is 3. The lowest BCUT2D eigenvalue weighted by Crippen LogP contribution is -2.39. The third-order valence-electron chi connectivity index (χ3n) is 5.44. The number of nitrogens with zero attached hydrogens (tertiary/aromatic N) is 1. The van der Waals surface area contributed by atoms with E-state index >= 15 is 0 Å². The van der Waals surface area contributed by atoms with Crippen LogP contribution < -0.4 is 0 Å². The van der Waals surface area contributed by atoms with Crippen LogP contribution >= 0.6 is 0 Å². The molecule has 0 aromatic heterocycles. The van der Waals surface area contributed by atoms with Crippen LogP contribution in [-0.2, 0) is 15.0 Å². The van der Waals surface area contributed by atoms with Gasteiger partial charge in [-0.25, -0.2) is 0 Å². The van der Waals surface area contributed by atoms with Crippen LogP contribution in [0.1, 0.15) is 38.3 Å². The van der Waals surface area contributed by atoms with Gasteiger partial charge in [-0.05, 0) is 49.5 Å². The van der Waals surface area contributed by atoms with Gasteiger partial charge in [0, 0.05) is 19.6 Å². The van der Waals surface area contributed by atoms with Crippen molar-refractivity contribution in [2.75, 3.05) is 13.2 Å². The summed E-state index contributed by atoms with van der Waals surface area (Å²) in [6, 6.07) is 17.9. The van der Waals surface area contributed by atoms with Crippen LogP contribution in [0, 0.1) is 11.8 Å². The first-order valence-electron chi connectivity index (χ1n) is 11.2. The Labute approximate surface area is 199 Å². The molecule has 2 aromatic rings. The molecule has 1 aliphatic carbocycles. The fourth-order valence-corrected chi connectivity index (χ4v) is 4.15. The van der Waals surface area contributed by atoms with Crippen LogP contribution in [0.2, 0.25) is 0 Å². The molecule has 34 heavy (non-hydrogen) atoms. The normalized spacial score (nSPS) is 15.9. The second kappa shape index (κ2) is 10.9. The van der Waals surface area contributed by atoms with E-state index in [4.69, 9.17) is 9.47 Å². The van der Waals surface area contributed by atoms with Crippen molar-refractivity contribution in [3.63, 3.8) is 0 Å². The van der Waals surface area contributed by atoms with E-state index in [0.29, 0.717) is 36.3 Å². The van der Waals surface area contributed by atoms with Crippen molar-refractivity contribution < 1.29 is 22.6 Å². The lowest BCUT2D eigenvalue weighted by atomic mass is 9.74. The molecule has 0 bridgehead atoms. The molecule has 178 valence electrons. The average molecular weight is 468 g/mol. The van der Waals surface area contributed by atoms with Gasteiger partial charge in [-0.3, -0.25) is 4.99 Å². The molecule has 0 radical (unpaired) electrons. The van der Waals surface area contributed by atoms with Crippen LogP contribution in [0.15, 0.2) is 89.5 Å². The van der Waals surface area contributed by atoms with Crippen molar-refractivity contribution in [1.29, 1.82) is 0 Å². The van der Waals surface area contributed by atoms with Gasteiger partial charge in [-0.2, -0.15) is 13.2 Å². The van der Waals surface area contributed by atoms with E-state index in [1.54, 1.807) is 60.7 Å². The zero-order valence-corrected chi connectivity index (χ0v) is 19.5. The van der Waals surface area contributed by atoms with Crippen LogP contribution in [0.4, 0.5) is 13.2 Å². The zero-order valence-electron chi connectivity index (χ0n) is 19.5. The van der Waals surface area contributed by atoms with Crippen LogP contribution in [-0.4, -0.2) is 30.9 Å². The number of alkyl halides is 3. The van der Waals surface area contributed by atoms with Crippen molar-refractivity contribution in [3.8, 4) is 11.8 Å². The summed E-state index contributed by atoms with van der Waals surface area (Å²) in [6.45, 7) is 5.82. The Kier molecular flexibility index (Phi) is 8.14. The van der Waals surface area contributed by atoms with Crippen molar-refractivity contribution in [2.24, 2.45) is 4.99 Å². The summed E-state index contributed by atoms with van der Waals surface area (Å²) < 4.78 is 54.3. The Morgan fingerprint density at radius 3 is 1.91 bits per heavy atom. The molecule has 0 saturated carbocycles. The summed E-state index contributed by atoms with van der Waals surface area (Å²) in [6.07, 6.45) is 1.12. The predicted molar refractivity (Wildman–Crippen MR) is 128 cm³/mol. The van der Waals surface area contributed by atoms with Gasteiger partial charge in [0.05, 0.1) is 0 Å². The number of aliphatic imine (C=N–C) groups is 1. The standard InChI is InChI=1S/C28H28F3NO2/c1-4-14-25(28(29,30)31)32-27(22-15-9-7-10-16-22,23-17-11-8-12-18-23)24-19-13-20-26(21-24,33-5-2)34-6-3/h7-13,15-19,21H,5-6,20H2,1-3H3. The van der Waals surface area contributed by atoms with Crippen molar-refractivity contribution in [1.82, 2.24) is 0 Å². The van der Waals surface area contributed by atoms with Gasteiger partial charge in [0.15, 0.2) is 11.5 Å². The van der Waals surface area contributed by atoms with E-state index in [2.05, 4.69) is 16.8 Å². The number of ether oxygens (including phenoxy) is 2. The number of hydrogen-bond donors (Lipinski definition) is 0. The Bertz CT molecular complexity index is 1060. The molecule has 3 nitrogen and oxygen atoms in total. The minimum Gasteiger partial charge on any atom is -0.346 e. The van der Waals surface area contributed by atoms with E-state index in [9.17, 15) is 13.2 Å². The van der Waals surface area contributed by atoms with E-state index < -0.39 is 23.2 Å². The summed E-state index contributed by atoms with van der Waals surface area (Å²) in [5.74, 6) is 3.46. The largest absolute Gasteiger partial charge is 0.441 e. The maximum atomic E-state index is 14.1. The topological polar surface area (TPSA) is 30.8 Å². The van der Waals surface area contributed by atoms with Crippen LogP contribution in [0.25, 0.3) is 0 Å². The third-order valence-corrected chi connectivity index (χ3v) is 5.44. The van der Waals surface area contributed by atoms with E-state index in [1.807, 2.05) is 32.1 Å². The fraction of sp³-hybridized carbons (Fsp3) is 0.321. The first-order valence-corrected chi connectivity index (χ1v) is 11.2. The molecule has 0 unspecified atom stereocenters. The van der Waals surface area contributed by atoms with E-state index in [-0.39, 0.29) is 0 Å². The van der Waals surface area contributed by atoms with Crippen molar-refractivity contribution >= 4 is 5.71 Å². The molecule has 6 heteroatoms. The predicted octanol–water partition coefficient (Wildman–Crippen LogP) is 6.61. The lowest BCUT2D eigenvalue weighted by Gasteiger charge is -2.39. The Balaban J connectivity index is 2.45. The van der Waals surface area contributed by atoms with Crippen molar-refractivity contribution in [2.45, 2.75) is 44.7 Å². The summed E-state index contributed by atoms with van der Waals surface area (Å²) >= 11 is 0. The molecule has 0 spiro atoms. The molecule has 3 rings (SSSR count). The molecular weight excluding hydrogens is 439 g/mol. The Morgan fingerprint density at radius 2 is 1.47 bits per heavy atom. The summed E-state index contributed by atoms with van der Waals surface area (Å²) in [5.41, 5.74) is -1.03. The third kappa shape index (κ3) is 5.32. The second-order valence-electron chi connectivity index (χ2n) is 7.66.